The lowest BCUT2D eigenvalue weighted by molar-refractivity contribution is -0.115. The van der Waals surface area contributed by atoms with E-state index in [0.29, 0.717) is 11.4 Å². The molecule has 0 saturated heterocycles. The Bertz CT molecular complexity index is 567. The van der Waals surface area contributed by atoms with E-state index in [-0.39, 0.29) is 18.1 Å². The number of para-hydroxylation sites is 1. The summed E-state index contributed by atoms with van der Waals surface area (Å²) in [7, 11) is 0. The van der Waals surface area contributed by atoms with Gasteiger partial charge in [-0.1, -0.05) is 24.3 Å². The van der Waals surface area contributed by atoms with Crippen molar-refractivity contribution in [2.75, 3.05) is 5.32 Å². The molecule has 2 aromatic rings. The second-order valence-corrected chi connectivity index (χ2v) is 4.02. The van der Waals surface area contributed by atoms with Crippen LogP contribution in [-0.4, -0.2) is 16.0 Å². The fraction of sp³-hybridized carbons (Fsp3) is 0.143. The first kappa shape index (κ1) is 12.1. The molecule has 0 aliphatic heterocycles. The Morgan fingerprint density at radius 1 is 1.22 bits per heavy atom. The zero-order valence-electron chi connectivity index (χ0n) is 10.1. The standard InChI is InChI=1S/C14H14N2O2/c1-10-5-4-8-13(15-10)16-14(18)9-11-6-2-3-7-12(11)17/h2-8,17H,9H2,1H3,(H,15,16,18). The van der Waals surface area contributed by atoms with E-state index >= 15 is 0 Å². The zero-order valence-corrected chi connectivity index (χ0v) is 10.1. The third-order valence-corrected chi connectivity index (χ3v) is 2.50. The van der Waals surface area contributed by atoms with Crippen LogP contribution in [0.1, 0.15) is 11.3 Å². The van der Waals surface area contributed by atoms with E-state index in [0.717, 1.165) is 5.69 Å². The number of nitrogens with zero attached hydrogens (tertiary/aromatic N) is 1. The maximum absolute atomic E-state index is 11.8. The number of aryl methyl sites for hydroxylation is 1. The average molecular weight is 242 g/mol. The number of phenols is 1. The molecule has 0 fully saturated rings. The summed E-state index contributed by atoms with van der Waals surface area (Å²) < 4.78 is 0. The molecule has 0 atom stereocenters. The molecule has 18 heavy (non-hydrogen) atoms. The summed E-state index contributed by atoms with van der Waals surface area (Å²) in [5.41, 5.74) is 1.44. The molecular weight excluding hydrogens is 228 g/mol. The number of carbonyl (C=O) groups excluding carboxylic acids is 1. The van der Waals surface area contributed by atoms with Crippen LogP contribution in [0.25, 0.3) is 0 Å². The van der Waals surface area contributed by atoms with Crippen molar-refractivity contribution in [3.8, 4) is 5.75 Å². The Balaban J connectivity index is 2.03. The minimum absolute atomic E-state index is 0.127. The highest BCUT2D eigenvalue weighted by Gasteiger charge is 2.07. The van der Waals surface area contributed by atoms with Gasteiger partial charge < -0.3 is 10.4 Å². The van der Waals surface area contributed by atoms with Gasteiger partial charge in [0.25, 0.3) is 0 Å². The Labute approximate surface area is 105 Å². The lowest BCUT2D eigenvalue weighted by Gasteiger charge is -2.06. The zero-order chi connectivity index (χ0) is 13.0. The Kier molecular flexibility index (Phi) is 3.57. The number of amides is 1. The van der Waals surface area contributed by atoms with Gasteiger partial charge >= 0.3 is 0 Å². The second-order valence-electron chi connectivity index (χ2n) is 4.02. The van der Waals surface area contributed by atoms with E-state index in [1.54, 1.807) is 30.3 Å². The summed E-state index contributed by atoms with van der Waals surface area (Å²) in [4.78, 5) is 16.0. The van der Waals surface area contributed by atoms with Crippen LogP contribution in [0, 0.1) is 6.92 Å². The molecule has 0 aliphatic carbocycles. The molecule has 0 saturated carbocycles. The minimum atomic E-state index is -0.199. The third-order valence-electron chi connectivity index (χ3n) is 2.50. The van der Waals surface area contributed by atoms with Gasteiger partial charge in [0.1, 0.15) is 11.6 Å². The van der Waals surface area contributed by atoms with Crippen molar-refractivity contribution in [3.05, 3.63) is 53.7 Å². The first-order valence-corrected chi connectivity index (χ1v) is 5.65. The lowest BCUT2D eigenvalue weighted by atomic mass is 10.1. The molecule has 1 aromatic carbocycles. The number of aromatic nitrogens is 1. The van der Waals surface area contributed by atoms with Crippen LogP contribution in [0.15, 0.2) is 42.5 Å². The maximum Gasteiger partial charge on any atom is 0.230 e. The highest BCUT2D eigenvalue weighted by atomic mass is 16.3. The maximum atomic E-state index is 11.8. The van der Waals surface area contributed by atoms with Crippen LogP contribution in [0.2, 0.25) is 0 Å². The van der Waals surface area contributed by atoms with Gasteiger partial charge in [-0.15, -0.1) is 0 Å². The van der Waals surface area contributed by atoms with E-state index in [9.17, 15) is 9.90 Å². The molecule has 0 aliphatic rings. The lowest BCUT2D eigenvalue weighted by Crippen LogP contribution is -2.15. The minimum Gasteiger partial charge on any atom is -0.508 e. The molecule has 4 nitrogen and oxygen atoms in total. The fourth-order valence-electron chi connectivity index (χ4n) is 1.63. The Morgan fingerprint density at radius 2 is 2.00 bits per heavy atom. The quantitative estimate of drug-likeness (QED) is 0.868. The first-order valence-electron chi connectivity index (χ1n) is 5.65. The number of rotatable bonds is 3. The number of carbonyl (C=O) groups is 1. The molecule has 1 amide bonds. The number of aromatic hydroxyl groups is 1. The molecular formula is C14H14N2O2. The van der Waals surface area contributed by atoms with Gasteiger partial charge in [0.05, 0.1) is 6.42 Å². The predicted octanol–water partition coefficient (Wildman–Crippen LogP) is 2.28. The van der Waals surface area contributed by atoms with Crippen LogP contribution in [0.4, 0.5) is 5.82 Å². The molecule has 0 bridgehead atoms. The van der Waals surface area contributed by atoms with Gasteiger partial charge in [-0.2, -0.15) is 0 Å². The smallest absolute Gasteiger partial charge is 0.230 e. The van der Waals surface area contributed by atoms with Crippen molar-refractivity contribution in [1.82, 2.24) is 4.98 Å². The van der Waals surface area contributed by atoms with Crippen LogP contribution in [0.5, 0.6) is 5.75 Å². The van der Waals surface area contributed by atoms with Gasteiger partial charge in [0.2, 0.25) is 5.91 Å². The number of hydrogen-bond acceptors (Lipinski definition) is 3. The van der Waals surface area contributed by atoms with E-state index < -0.39 is 0 Å². The van der Waals surface area contributed by atoms with E-state index in [1.807, 2.05) is 19.1 Å². The summed E-state index contributed by atoms with van der Waals surface area (Å²) in [6.07, 6.45) is 0.127. The second kappa shape index (κ2) is 5.31. The normalized spacial score (nSPS) is 10.1. The van der Waals surface area contributed by atoms with E-state index in [1.165, 1.54) is 0 Å². The van der Waals surface area contributed by atoms with E-state index in [4.69, 9.17) is 0 Å². The molecule has 92 valence electrons. The number of pyridine rings is 1. The molecule has 4 heteroatoms. The molecule has 1 aromatic heterocycles. The number of phenolic OH excluding ortho intramolecular Hbond substituents is 1. The van der Waals surface area contributed by atoms with E-state index in [2.05, 4.69) is 10.3 Å². The third kappa shape index (κ3) is 3.07. The predicted molar refractivity (Wildman–Crippen MR) is 69.4 cm³/mol. The number of benzene rings is 1. The SMILES string of the molecule is Cc1cccc(NC(=O)Cc2ccccc2O)n1. The van der Waals surface area contributed by atoms with Crippen LogP contribution < -0.4 is 5.32 Å². The Morgan fingerprint density at radius 3 is 2.72 bits per heavy atom. The van der Waals surface area contributed by atoms with Crippen molar-refractivity contribution in [2.45, 2.75) is 13.3 Å². The van der Waals surface area contributed by atoms with Crippen molar-refractivity contribution in [3.63, 3.8) is 0 Å². The molecule has 2 rings (SSSR count). The summed E-state index contributed by atoms with van der Waals surface area (Å²) in [6.45, 7) is 1.86. The molecule has 0 unspecified atom stereocenters. The van der Waals surface area contributed by atoms with Gasteiger partial charge in [-0.3, -0.25) is 4.79 Å². The summed E-state index contributed by atoms with van der Waals surface area (Å²) >= 11 is 0. The molecule has 0 spiro atoms. The first-order chi connectivity index (χ1) is 8.65. The van der Waals surface area contributed by atoms with Crippen LogP contribution in [0.3, 0.4) is 0 Å². The van der Waals surface area contributed by atoms with Crippen LogP contribution in [-0.2, 0) is 11.2 Å². The van der Waals surface area contributed by atoms with Gasteiger partial charge in [-0.25, -0.2) is 4.98 Å². The Hall–Kier alpha value is -2.36. The van der Waals surface area contributed by atoms with Crippen LogP contribution >= 0.6 is 0 Å². The van der Waals surface area contributed by atoms with Gasteiger partial charge in [0, 0.05) is 11.3 Å². The molecule has 1 heterocycles. The molecule has 0 radical (unpaired) electrons. The monoisotopic (exact) mass is 242 g/mol. The highest BCUT2D eigenvalue weighted by Crippen LogP contribution is 2.16. The number of anilines is 1. The van der Waals surface area contributed by atoms with Crippen molar-refractivity contribution in [2.24, 2.45) is 0 Å². The number of hydrogen-bond donors (Lipinski definition) is 2. The van der Waals surface area contributed by atoms with Gasteiger partial charge in [0.15, 0.2) is 0 Å². The van der Waals surface area contributed by atoms with Crippen molar-refractivity contribution >= 4 is 11.7 Å². The largest absolute Gasteiger partial charge is 0.508 e. The fourth-order valence-corrected chi connectivity index (χ4v) is 1.63. The molecule has 2 N–H and O–H groups in total. The summed E-state index contributed by atoms with van der Waals surface area (Å²) in [6, 6.07) is 12.2. The summed E-state index contributed by atoms with van der Waals surface area (Å²) in [5, 5.41) is 12.3. The van der Waals surface area contributed by atoms with Crippen molar-refractivity contribution < 1.29 is 9.90 Å². The van der Waals surface area contributed by atoms with Crippen molar-refractivity contribution in [1.29, 1.82) is 0 Å². The summed E-state index contributed by atoms with van der Waals surface area (Å²) in [5.74, 6) is 0.454. The average Bonchev–Trinajstić information content (AvgIpc) is 2.32. The topological polar surface area (TPSA) is 62.2 Å². The highest BCUT2D eigenvalue weighted by molar-refractivity contribution is 5.91. The number of nitrogens with one attached hydrogen (secondary N) is 1. The van der Waals surface area contributed by atoms with Gasteiger partial charge in [-0.05, 0) is 25.1 Å².